The number of halogens is 1. The lowest BCUT2D eigenvalue weighted by molar-refractivity contribution is 0.866. The van der Waals surface area contributed by atoms with E-state index in [1.54, 1.807) is 11.8 Å². The van der Waals surface area contributed by atoms with E-state index in [1.165, 1.54) is 21.0 Å². The maximum Gasteiger partial charge on any atom is 0.0616 e. The number of hydrogen-bond acceptors (Lipinski definition) is 2. The van der Waals surface area contributed by atoms with Crippen molar-refractivity contribution in [3.63, 3.8) is 0 Å². The van der Waals surface area contributed by atoms with Gasteiger partial charge in [0.25, 0.3) is 0 Å². The van der Waals surface area contributed by atoms with Gasteiger partial charge in [0.1, 0.15) is 0 Å². The number of rotatable bonds is 2. The summed E-state index contributed by atoms with van der Waals surface area (Å²) in [4.78, 5) is 4.79. The summed E-state index contributed by atoms with van der Waals surface area (Å²) in [5.41, 5.74) is 4.86. The third kappa shape index (κ3) is 2.70. The Morgan fingerprint density at radius 3 is 2.29 bits per heavy atom. The first-order valence-electron chi connectivity index (χ1n) is 8.10. The van der Waals surface area contributed by atoms with E-state index < -0.39 is 0 Å². The number of anilines is 3. The van der Waals surface area contributed by atoms with Gasteiger partial charge in [0, 0.05) is 20.5 Å². The first-order valence-corrected chi connectivity index (χ1v) is 9.29. The molecule has 3 heteroatoms. The third-order valence-electron chi connectivity index (χ3n) is 4.31. The number of hydrogen-bond donors (Lipinski definition) is 0. The molecule has 0 aromatic heterocycles. The molecule has 1 heterocycles. The third-order valence-corrected chi connectivity index (χ3v) is 5.67. The molecule has 0 N–H and O–H groups in total. The minimum absolute atomic E-state index is 0.532. The Hall–Kier alpha value is -1.90. The second-order valence-electron chi connectivity index (χ2n) is 6.26. The molecule has 1 nitrogen and oxygen atoms in total. The van der Waals surface area contributed by atoms with Crippen molar-refractivity contribution in [2.24, 2.45) is 0 Å². The van der Waals surface area contributed by atoms with E-state index in [-0.39, 0.29) is 0 Å². The van der Waals surface area contributed by atoms with Crippen LogP contribution in [0.4, 0.5) is 17.1 Å². The van der Waals surface area contributed by atoms with Gasteiger partial charge in [-0.3, -0.25) is 0 Å². The summed E-state index contributed by atoms with van der Waals surface area (Å²) in [6, 6.07) is 23.5. The number of para-hydroxylation sites is 1. The molecule has 0 unspecified atom stereocenters. The van der Waals surface area contributed by atoms with Gasteiger partial charge in [-0.25, -0.2) is 0 Å². The van der Waals surface area contributed by atoms with Crippen LogP contribution in [-0.4, -0.2) is 0 Å². The maximum atomic E-state index is 6.29. The highest BCUT2D eigenvalue weighted by molar-refractivity contribution is 7.99. The fourth-order valence-corrected chi connectivity index (χ4v) is 4.22. The Labute approximate surface area is 152 Å². The molecule has 120 valence electrons. The Kier molecular flexibility index (Phi) is 4.03. The lowest BCUT2D eigenvalue weighted by Crippen LogP contribution is -2.14. The average Bonchev–Trinajstić information content (AvgIpc) is 2.60. The van der Waals surface area contributed by atoms with Crippen molar-refractivity contribution in [1.82, 2.24) is 0 Å². The number of nitrogens with zero attached hydrogens (tertiary/aromatic N) is 1. The van der Waals surface area contributed by atoms with Crippen molar-refractivity contribution in [3.05, 3.63) is 77.3 Å². The second-order valence-corrected chi connectivity index (χ2v) is 7.78. The average molecular weight is 352 g/mol. The van der Waals surface area contributed by atoms with Gasteiger partial charge in [-0.2, -0.15) is 0 Å². The highest BCUT2D eigenvalue weighted by Gasteiger charge is 2.24. The van der Waals surface area contributed by atoms with Gasteiger partial charge >= 0.3 is 0 Å². The minimum Gasteiger partial charge on any atom is -0.308 e. The first kappa shape index (κ1) is 15.6. The van der Waals surface area contributed by atoms with Gasteiger partial charge in [0.2, 0.25) is 0 Å². The molecule has 3 aromatic carbocycles. The summed E-state index contributed by atoms with van der Waals surface area (Å²) >= 11 is 8.08. The topological polar surface area (TPSA) is 3.24 Å². The van der Waals surface area contributed by atoms with Crippen molar-refractivity contribution in [2.75, 3.05) is 4.90 Å². The van der Waals surface area contributed by atoms with Crippen LogP contribution in [0.25, 0.3) is 0 Å². The highest BCUT2D eigenvalue weighted by atomic mass is 35.5. The Morgan fingerprint density at radius 2 is 1.54 bits per heavy atom. The monoisotopic (exact) mass is 351 g/mol. The highest BCUT2D eigenvalue weighted by Crippen LogP contribution is 2.51. The van der Waals surface area contributed by atoms with Crippen molar-refractivity contribution in [2.45, 2.75) is 29.6 Å². The van der Waals surface area contributed by atoms with E-state index in [2.05, 4.69) is 79.4 Å². The first-order chi connectivity index (χ1) is 11.6. The molecule has 4 rings (SSSR count). The predicted octanol–water partition coefficient (Wildman–Crippen LogP) is 7.40. The normalized spacial score (nSPS) is 12.9. The zero-order valence-electron chi connectivity index (χ0n) is 13.7. The predicted molar refractivity (Wildman–Crippen MR) is 104 cm³/mol. The summed E-state index contributed by atoms with van der Waals surface area (Å²) in [6.07, 6.45) is 0. The van der Waals surface area contributed by atoms with Crippen molar-refractivity contribution in [3.8, 4) is 0 Å². The van der Waals surface area contributed by atoms with Gasteiger partial charge in [-0.05, 0) is 53.9 Å². The van der Waals surface area contributed by atoms with E-state index in [4.69, 9.17) is 11.6 Å². The van der Waals surface area contributed by atoms with Gasteiger partial charge in [0.05, 0.1) is 11.4 Å². The molecule has 0 fully saturated rings. The molecule has 3 aromatic rings. The number of benzene rings is 3. The van der Waals surface area contributed by atoms with Crippen LogP contribution in [0.3, 0.4) is 0 Å². The second kappa shape index (κ2) is 6.19. The molecular formula is C21H18ClNS. The molecule has 0 spiro atoms. The molecule has 24 heavy (non-hydrogen) atoms. The van der Waals surface area contributed by atoms with Crippen LogP contribution in [0.15, 0.2) is 76.5 Å². The van der Waals surface area contributed by atoms with Gasteiger partial charge in [0.15, 0.2) is 0 Å². The van der Waals surface area contributed by atoms with Gasteiger partial charge < -0.3 is 4.90 Å². The van der Waals surface area contributed by atoms with Crippen LogP contribution in [-0.2, 0) is 0 Å². The minimum atomic E-state index is 0.532. The van der Waals surface area contributed by atoms with Crippen molar-refractivity contribution >= 4 is 40.4 Å². The van der Waals surface area contributed by atoms with E-state index >= 15 is 0 Å². The summed E-state index contributed by atoms with van der Waals surface area (Å²) in [7, 11) is 0. The molecule has 1 aliphatic rings. The Balaban J connectivity index is 1.89. The van der Waals surface area contributed by atoms with Gasteiger partial charge in [-0.1, -0.05) is 61.5 Å². The summed E-state index contributed by atoms with van der Waals surface area (Å²) < 4.78 is 0. The molecule has 0 radical (unpaired) electrons. The lowest BCUT2D eigenvalue weighted by atomic mass is 10.0. The van der Waals surface area contributed by atoms with Crippen LogP contribution < -0.4 is 4.90 Å². The smallest absolute Gasteiger partial charge is 0.0616 e. The summed E-state index contributed by atoms with van der Waals surface area (Å²) in [5.74, 6) is 0.532. The molecule has 0 saturated heterocycles. The molecule has 1 aliphatic heterocycles. The van der Waals surface area contributed by atoms with E-state index in [0.29, 0.717) is 5.92 Å². The summed E-state index contributed by atoms with van der Waals surface area (Å²) in [5, 5.41) is 0.762. The van der Waals surface area contributed by atoms with Crippen LogP contribution >= 0.6 is 23.4 Å². The zero-order valence-corrected chi connectivity index (χ0v) is 15.2. The molecule has 0 atom stereocenters. The van der Waals surface area contributed by atoms with Crippen molar-refractivity contribution < 1.29 is 0 Å². The standard InChI is InChI=1S/C21H18ClNS/c1-14(2)15-7-10-17(11-8-15)23-18-5-3-4-6-20(18)24-21-12-9-16(22)13-19(21)23/h3-14H,1-2H3. The van der Waals surface area contributed by atoms with Gasteiger partial charge in [-0.15, -0.1) is 0 Å². The fourth-order valence-electron chi connectivity index (χ4n) is 3.01. The van der Waals surface area contributed by atoms with Crippen LogP contribution in [0.1, 0.15) is 25.3 Å². The van der Waals surface area contributed by atoms with E-state index in [9.17, 15) is 0 Å². The molecule has 0 saturated carbocycles. The lowest BCUT2D eigenvalue weighted by Gasteiger charge is -2.33. The largest absolute Gasteiger partial charge is 0.308 e. The molecule has 0 bridgehead atoms. The van der Waals surface area contributed by atoms with E-state index in [0.717, 1.165) is 16.4 Å². The zero-order chi connectivity index (χ0) is 16.7. The van der Waals surface area contributed by atoms with Crippen LogP contribution in [0.5, 0.6) is 0 Å². The molecular weight excluding hydrogens is 334 g/mol. The van der Waals surface area contributed by atoms with Crippen LogP contribution in [0, 0.1) is 0 Å². The molecule has 0 amide bonds. The van der Waals surface area contributed by atoms with Crippen LogP contribution in [0.2, 0.25) is 5.02 Å². The fraction of sp³-hybridized carbons (Fsp3) is 0.143. The quantitative estimate of drug-likeness (QED) is 0.370. The number of fused-ring (bicyclic) bond motifs is 2. The maximum absolute atomic E-state index is 6.29. The summed E-state index contributed by atoms with van der Waals surface area (Å²) in [6.45, 7) is 4.44. The molecule has 0 aliphatic carbocycles. The SMILES string of the molecule is CC(C)c1ccc(N2c3ccccc3Sc3ccc(Cl)cc32)cc1. The Morgan fingerprint density at radius 1 is 0.833 bits per heavy atom. The van der Waals surface area contributed by atoms with Crippen molar-refractivity contribution in [1.29, 1.82) is 0 Å². The Bertz CT molecular complexity index is 887. The van der Waals surface area contributed by atoms with E-state index in [1.807, 2.05) is 6.07 Å².